The van der Waals surface area contributed by atoms with Gasteiger partial charge in [-0.05, 0) is 37.0 Å². The van der Waals surface area contributed by atoms with E-state index in [9.17, 15) is 19.5 Å². The molecule has 0 spiro atoms. The number of aryl methyl sites for hydroxylation is 1. The third kappa shape index (κ3) is 3.73. The van der Waals surface area contributed by atoms with Crippen LogP contribution in [-0.4, -0.2) is 36.1 Å². The van der Waals surface area contributed by atoms with Crippen molar-refractivity contribution in [3.63, 3.8) is 0 Å². The van der Waals surface area contributed by atoms with Gasteiger partial charge in [0.1, 0.15) is 17.1 Å². The van der Waals surface area contributed by atoms with E-state index in [2.05, 4.69) is 5.32 Å². The van der Waals surface area contributed by atoms with Crippen LogP contribution in [0.1, 0.15) is 43.6 Å². The van der Waals surface area contributed by atoms with Crippen molar-refractivity contribution in [3.8, 4) is 5.75 Å². The highest BCUT2D eigenvalue weighted by molar-refractivity contribution is 5.99. The molecule has 0 saturated carbocycles. The summed E-state index contributed by atoms with van der Waals surface area (Å²) in [5.74, 6) is 5.37. The number of nitrogens with two attached hydrogens (primary N) is 1. The van der Waals surface area contributed by atoms with Crippen molar-refractivity contribution >= 4 is 23.0 Å². The molecule has 0 aliphatic heterocycles. The molecule has 152 valence electrons. The maximum atomic E-state index is 12.3. The molecule has 4 N–H and O–H groups in total. The van der Waals surface area contributed by atoms with Gasteiger partial charge in [-0.15, -0.1) is 0 Å². The number of anilines is 3. The number of phenolic OH excluding ortho intramolecular Hbond substituents is 1. The van der Waals surface area contributed by atoms with Gasteiger partial charge in [0.25, 0.3) is 16.8 Å². The molecule has 0 bridgehead atoms. The number of aromatic hydroxyl groups is 1. The zero-order valence-electron chi connectivity index (χ0n) is 17.4. The molecule has 2 aromatic carbocycles. The third-order valence-electron chi connectivity index (χ3n) is 4.92. The van der Waals surface area contributed by atoms with Gasteiger partial charge in [0, 0.05) is 20.1 Å². The second-order valence-corrected chi connectivity index (χ2v) is 8.36. The maximum Gasteiger partial charge on any atom is 0.257 e. The number of phenols is 1. The number of nitrogens with zero attached hydrogens (tertiary/aromatic N) is 2. The van der Waals surface area contributed by atoms with Crippen molar-refractivity contribution in [2.75, 3.05) is 24.4 Å². The summed E-state index contributed by atoms with van der Waals surface area (Å²) in [6.07, 6.45) is 0. The van der Waals surface area contributed by atoms with E-state index in [1.165, 1.54) is 11.0 Å². The van der Waals surface area contributed by atoms with Gasteiger partial charge in [-0.2, -0.15) is 0 Å². The van der Waals surface area contributed by atoms with Crippen molar-refractivity contribution in [3.05, 3.63) is 43.7 Å². The SMILES string of the molecule is Cc1cc(C(=O)N(C)C)c(O)c(N(N)c2c(N[C@@H](C)C(C)(C)C)c(=O)c2=O)c1. The Kier molecular flexibility index (Phi) is 5.57. The Balaban J connectivity index is 2.53. The van der Waals surface area contributed by atoms with Crippen LogP contribution in [0, 0.1) is 12.3 Å². The molecule has 0 fully saturated rings. The highest BCUT2D eigenvalue weighted by Crippen LogP contribution is 2.37. The summed E-state index contributed by atoms with van der Waals surface area (Å²) in [4.78, 5) is 38.0. The first-order valence-corrected chi connectivity index (χ1v) is 8.97. The van der Waals surface area contributed by atoms with Crippen molar-refractivity contribution in [2.45, 2.75) is 40.7 Å². The fraction of sp³-hybridized carbons (Fsp3) is 0.450. The van der Waals surface area contributed by atoms with Crippen molar-refractivity contribution < 1.29 is 9.90 Å². The Morgan fingerprint density at radius 2 is 1.75 bits per heavy atom. The fourth-order valence-corrected chi connectivity index (χ4v) is 2.64. The molecule has 1 atom stereocenters. The van der Waals surface area contributed by atoms with Gasteiger partial charge in [0.15, 0.2) is 5.75 Å². The average molecular weight is 388 g/mol. The predicted molar refractivity (Wildman–Crippen MR) is 111 cm³/mol. The zero-order chi connectivity index (χ0) is 21.5. The first-order valence-electron chi connectivity index (χ1n) is 8.97. The second kappa shape index (κ2) is 7.27. The van der Waals surface area contributed by atoms with E-state index in [1.54, 1.807) is 27.1 Å². The van der Waals surface area contributed by atoms with Crippen LogP contribution in [-0.2, 0) is 0 Å². The van der Waals surface area contributed by atoms with Crippen molar-refractivity contribution in [2.24, 2.45) is 11.3 Å². The van der Waals surface area contributed by atoms with Gasteiger partial charge in [0.05, 0.1) is 5.56 Å². The van der Waals surface area contributed by atoms with Crippen LogP contribution in [0.5, 0.6) is 5.75 Å². The average Bonchev–Trinajstić information content (AvgIpc) is 2.60. The molecular weight excluding hydrogens is 360 g/mol. The fourth-order valence-electron chi connectivity index (χ4n) is 2.64. The number of nitrogens with one attached hydrogen (secondary N) is 1. The number of amides is 1. The second-order valence-electron chi connectivity index (χ2n) is 8.36. The molecule has 0 aromatic heterocycles. The summed E-state index contributed by atoms with van der Waals surface area (Å²) >= 11 is 0. The standard InChI is InChI=1S/C20H28N4O4/c1-10-8-12(19(28)23(6)7)16(25)13(9-10)24(21)15-14(17(26)18(15)27)22-11(2)20(3,4)5/h8-9,11,22,25H,21H2,1-7H3/t11-/m0/s1. The van der Waals surface area contributed by atoms with E-state index in [0.29, 0.717) is 5.56 Å². The Morgan fingerprint density at radius 1 is 1.18 bits per heavy atom. The molecule has 0 radical (unpaired) electrons. The Bertz CT molecular complexity index is 981. The monoisotopic (exact) mass is 388 g/mol. The summed E-state index contributed by atoms with van der Waals surface area (Å²) in [5.41, 5.74) is -0.680. The third-order valence-corrected chi connectivity index (χ3v) is 4.92. The first-order chi connectivity index (χ1) is 12.8. The minimum atomic E-state index is -0.743. The molecule has 0 unspecified atom stereocenters. The van der Waals surface area contributed by atoms with Gasteiger partial charge >= 0.3 is 0 Å². The minimum absolute atomic E-state index is 0.0368. The first kappa shape index (κ1) is 21.4. The topological polar surface area (TPSA) is 116 Å². The normalized spacial score (nSPS) is 12.7. The lowest BCUT2D eigenvalue weighted by molar-refractivity contribution is 0.0824. The Morgan fingerprint density at radius 3 is 2.25 bits per heavy atom. The number of hydrogen-bond acceptors (Lipinski definition) is 7. The van der Waals surface area contributed by atoms with Gasteiger partial charge in [-0.3, -0.25) is 19.4 Å². The largest absolute Gasteiger partial charge is 0.505 e. The molecule has 0 heterocycles. The van der Waals surface area contributed by atoms with Crippen LogP contribution in [0.3, 0.4) is 0 Å². The Hall–Kier alpha value is -2.87. The lowest BCUT2D eigenvalue weighted by Crippen LogP contribution is -2.46. The number of hydrazine groups is 1. The molecule has 0 aliphatic carbocycles. The number of carbonyl (C=O) groups excluding carboxylic acids is 1. The van der Waals surface area contributed by atoms with E-state index in [4.69, 9.17) is 5.84 Å². The highest BCUT2D eigenvalue weighted by atomic mass is 16.3. The molecule has 8 heteroatoms. The number of benzene rings is 1. The van der Waals surface area contributed by atoms with Crippen LogP contribution in [0.25, 0.3) is 0 Å². The molecule has 8 nitrogen and oxygen atoms in total. The van der Waals surface area contributed by atoms with Gasteiger partial charge in [0.2, 0.25) is 0 Å². The summed E-state index contributed by atoms with van der Waals surface area (Å²) in [5, 5.41) is 14.6. The van der Waals surface area contributed by atoms with E-state index >= 15 is 0 Å². The van der Waals surface area contributed by atoms with Crippen molar-refractivity contribution in [1.82, 2.24) is 4.90 Å². The summed E-state index contributed by atoms with van der Waals surface area (Å²) < 4.78 is 0. The molecular formula is C20H28N4O4. The smallest absolute Gasteiger partial charge is 0.257 e. The molecule has 0 saturated heterocycles. The van der Waals surface area contributed by atoms with Gasteiger partial charge in [-0.1, -0.05) is 20.8 Å². The van der Waals surface area contributed by atoms with E-state index in [1.807, 2.05) is 27.7 Å². The molecule has 0 aliphatic rings. The zero-order valence-corrected chi connectivity index (χ0v) is 17.4. The molecule has 28 heavy (non-hydrogen) atoms. The van der Waals surface area contributed by atoms with Crippen LogP contribution in [0.4, 0.5) is 17.1 Å². The minimum Gasteiger partial charge on any atom is -0.505 e. The number of rotatable bonds is 5. The molecule has 2 rings (SSSR count). The Labute approximate surface area is 164 Å². The van der Waals surface area contributed by atoms with Gasteiger partial charge < -0.3 is 15.3 Å². The predicted octanol–water partition coefficient (Wildman–Crippen LogP) is 1.86. The van der Waals surface area contributed by atoms with E-state index in [0.717, 1.165) is 5.01 Å². The number of hydrogen-bond donors (Lipinski definition) is 3. The van der Waals surface area contributed by atoms with E-state index in [-0.39, 0.29) is 39.8 Å². The number of carbonyl (C=O) groups is 1. The molecule has 1 amide bonds. The quantitative estimate of drug-likeness (QED) is 0.407. The van der Waals surface area contributed by atoms with E-state index < -0.39 is 16.8 Å². The summed E-state index contributed by atoms with van der Waals surface area (Å²) in [6.45, 7) is 9.65. The lowest BCUT2D eigenvalue weighted by atomic mass is 9.87. The summed E-state index contributed by atoms with van der Waals surface area (Å²) in [7, 11) is 3.13. The van der Waals surface area contributed by atoms with Crippen LogP contribution < -0.4 is 27.0 Å². The lowest BCUT2D eigenvalue weighted by Gasteiger charge is -2.31. The van der Waals surface area contributed by atoms with Crippen LogP contribution in [0.2, 0.25) is 0 Å². The summed E-state index contributed by atoms with van der Waals surface area (Å²) in [6, 6.07) is 2.98. The van der Waals surface area contributed by atoms with Crippen LogP contribution >= 0.6 is 0 Å². The van der Waals surface area contributed by atoms with Crippen LogP contribution in [0.15, 0.2) is 21.7 Å². The van der Waals surface area contributed by atoms with Gasteiger partial charge in [-0.25, -0.2) is 5.84 Å². The molecule has 2 aromatic rings. The maximum absolute atomic E-state index is 12.3. The van der Waals surface area contributed by atoms with Crippen molar-refractivity contribution in [1.29, 1.82) is 0 Å². The highest BCUT2D eigenvalue weighted by Gasteiger charge is 2.31.